The van der Waals surface area contributed by atoms with E-state index >= 15 is 0 Å². The Morgan fingerprint density at radius 2 is 1.78 bits per heavy atom. The Kier molecular flexibility index (Phi) is 3.44. The predicted molar refractivity (Wildman–Crippen MR) is 73.3 cm³/mol. The van der Waals surface area contributed by atoms with E-state index in [2.05, 4.69) is 43.5 Å². The van der Waals surface area contributed by atoms with Gasteiger partial charge >= 0.3 is 0 Å². The van der Waals surface area contributed by atoms with Gasteiger partial charge in [-0.1, -0.05) is 38.1 Å². The summed E-state index contributed by atoms with van der Waals surface area (Å²) >= 11 is 0. The molecule has 18 heavy (non-hydrogen) atoms. The molecule has 0 unspecified atom stereocenters. The summed E-state index contributed by atoms with van der Waals surface area (Å²) < 4.78 is 0. The molecule has 0 spiro atoms. The monoisotopic (exact) mass is 246 g/mol. The molecule has 1 amide bonds. The van der Waals surface area contributed by atoms with Crippen molar-refractivity contribution in [3.63, 3.8) is 0 Å². The van der Waals surface area contributed by atoms with Crippen LogP contribution in [0.25, 0.3) is 0 Å². The molecule has 0 atom stereocenters. The van der Waals surface area contributed by atoms with Crippen molar-refractivity contribution in [3.8, 4) is 0 Å². The summed E-state index contributed by atoms with van der Waals surface area (Å²) in [6.07, 6.45) is 1.90. The van der Waals surface area contributed by atoms with Crippen molar-refractivity contribution in [1.82, 2.24) is 10.4 Å². The first-order valence-corrected chi connectivity index (χ1v) is 6.54. The Bertz CT molecular complexity index is 430. The number of benzene rings is 1. The number of hydrazine groups is 1. The standard InChI is InChI=1S/C15H22N2O/c1-11(2)12-5-7-13(8-6-12)15(9-10-15)14(18)16-17(3)4/h5-8,11H,9-10H2,1-4H3,(H,16,18). The summed E-state index contributed by atoms with van der Waals surface area (Å²) in [7, 11) is 3.69. The highest BCUT2D eigenvalue weighted by Gasteiger charge is 2.51. The Hall–Kier alpha value is -1.35. The molecule has 1 aliphatic rings. The molecule has 0 saturated heterocycles. The van der Waals surface area contributed by atoms with E-state index in [0.717, 1.165) is 18.4 Å². The fraction of sp³-hybridized carbons (Fsp3) is 0.533. The predicted octanol–water partition coefficient (Wildman–Crippen LogP) is 2.43. The molecule has 1 saturated carbocycles. The molecule has 0 aromatic heterocycles. The zero-order valence-corrected chi connectivity index (χ0v) is 11.7. The van der Waals surface area contributed by atoms with Gasteiger partial charge in [0.05, 0.1) is 5.41 Å². The molecule has 1 aliphatic carbocycles. The molecule has 1 aromatic carbocycles. The van der Waals surface area contributed by atoms with E-state index in [1.165, 1.54) is 5.56 Å². The van der Waals surface area contributed by atoms with Crippen molar-refractivity contribution in [2.24, 2.45) is 0 Å². The number of nitrogens with zero attached hydrogens (tertiary/aromatic N) is 1. The van der Waals surface area contributed by atoms with E-state index in [-0.39, 0.29) is 11.3 Å². The van der Waals surface area contributed by atoms with Gasteiger partial charge < -0.3 is 0 Å². The summed E-state index contributed by atoms with van der Waals surface area (Å²) in [6, 6.07) is 8.50. The van der Waals surface area contributed by atoms with Crippen LogP contribution < -0.4 is 5.43 Å². The van der Waals surface area contributed by atoms with Crippen molar-refractivity contribution in [3.05, 3.63) is 35.4 Å². The van der Waals surface area contributed by atoms with E-state index in [1.807, 2.05) is 14.1 Å². The van der Waals surface area contributed by atoms with Crippen molar-refractivity contribution >= 4 is 5.91 Å². The van der Waals surface area contributed by atoms with Crippen LogP contribution in [0, 0.1) is 0 Å². The van der Waals surface area contributed by atoms with Crippen LogP contribution in [-0.4, -0.2) is 25.0 Å². The maximum absolute atomic E-state index is 12.2. The van der Waals surface area contributed by atoms with E-state index in [9.17, 15) is 4.79 Å². The highest BCUT2D eigenvalue weighted by atomic mass is 16.2. The summed E-state index contributed by atoms with van der Waals surface area (Å²) in [5.41, 5.74) is 5.06. The van der Waals surface area contributed by atoms with Crippen LogP contribution in [-0.2, 0) is 10.2 Å². The Morgan fingerprint density at radius 1 is 1.22 bits per heavy atom. The molecule has 3 heteroatoms. The van der Waals surface area contributed by atoms with E-state index in [0.29, 0.717) is 5.92 Å². The quantitative estimate of drug-likeness (QED) is 0.828. The van der Waals surface area contributed by atoms with Crippen molar-refractivity contribution in [1.29, 1.82) is 0 Å². The third-order valence-corrected chi connectivity index (χ3v) is 3.64. The lowest BCUT2D eigenvalue weighted by Crippen LogP contribution is -2.42. The van der Waals surface area contributed by atoms with Crippen molar-refractivity contribution in [2.45, 2.75) is 38.0 Å². The number of carbonyl (C=O) groups is 1. The van der Waals surface area contributed by atoms with Crippen LogP contribution in [0.1, 0.15) is 43.7 Å². The minimum Gasteiger partial charge on any atom is -0.289 e. The molecule has 98 valence electrons. The number of carbonyl (C=O) groups excluding carboxylic acids is 1. The molecule has 0 aliphatic heterocycles. The summed E-state index contributed by atoms with van der Waals surface area (Å²) in [5.74, 6) is 0.648. The van der Waals surface area contributed by atoms with Gasteiger partial charge in [-0.2, -0.15) is 0 Å². The average Bonchev–Trinajstić information content (AvgIpc) is 3.09. The molecule has 1 aromatic rings. The number of hydrogen-bond acceptors (Lipinski definition) is 2. The normalized spacial score (nSPS) is 17.0. The van der Waals surface area contributed by atoms with Gasteiger partial charge in [-0.05, 0) is 29.9 Å². The highest BCUT2D eigenvalue weighted by molar-refractivity contribution is 5.90. The van der Waals surface area contributed by atoms with Gasteiger partial charge in [0.25, 0.3) is 0 Å². The van der Waals surface area contributed by atoms with Gasteiger partial charge in [0, 0.05) is 14.1 Å². The summed E-state index contributed by atoms with van der Waals surface area (Å²) in [4.78, 5) is 12.2. The van der Waals surface area contributed by atoms with E-state index < -0.39 is 0 Å². The number of amides is 1. The van der Waals surface area contributed by atoms with Crippen LogP contribution in [0.4, 0.5) is 0 Å². The second kappa shape index (κ2) is 4.73. The summed E-state index contributed by atoms with van der Waals surface area (Å²) in [6.45, 7) is 4.36. The smallest absolute Gasteiger partial charge is 0.244 e. The fourth-order valence-electron chi connectivity index (χ4n) is 2.27. The number of rotatable bonds is 4. The zero-order valence-electron chi connectivity index (χ0n) is 11.7. The maximum Gasteiger partial charge on any atom is 0.244 e. The largest absolute Gasteiger partial charge is 0.289 e. The molecule has 0 heterocycles. The first-order chi connectivity index (χ1) is 8.45. The van der Waals surface area contributed by atoms with Crippen LogP contribution in [0.15, 0.2) is 24.3 Å². The topological polar surface area (TPSA) is 32.3 Å². The third-order valence-electron chi connectivity index (χ3n) is 3.64. The lowest BCUT2D eigenvalue weighted by Gasteiger charge is -2.19. The first-order valence-electron chi connectivity index (χ1n) is 6.54. The fourth-order valence-corrected chi connectivity index (χ4v) is 2.27. The number of nitrogens with one attached hydrogen (secondary N) is 1. The second-order valence-corrected chi connectivity index (χ2v) is 5.69. The minimum atomic E-state index is -0.278. The molecule has 0 radical (unpaired) electrons. The minimum absolute atomic E-state index is 0.116. The Labute approximate surface area is 109 Å². The molecule has 0 bridgehead atoms. The first kappa shape index (κ1) is 13.1. The highest BCUT2D eigenvalue weighted by Crippen LogP contribution is 2.48. The van der Waals surface area contributed by atoms with Crippen molar-refractivity contribution < 1.29 is 4.79 Å². The lowest BCUT2D eigenvalue weighted by molar-refractivity contribution is -0.127. The van der Waals surface area contributed by atoms with Gasteiger partial charge in [0.1, 0.15) is 0 Å². The lowest BCUT2D eigenvalue weighted by atomic mass is 9.92. The van der Waals surface area contributed by atoms with Gasteiger partial charge in [-0.3, -0.25) is 10.2 Å². The molecule has 1 fully saturated rings. The van der Waals surface area contributed by atoms with Gasteiger partial charge in [0.15, 0.2) is 0 Å². The van der Waals surface area contributed by atoms with Gasteiger partial charge in [0.2, 0.25) is 5.91 Å². The average molecular weight is 246 g/mol. The summed E-state index contributed by atoms with van der Waals surface area (Å²) in [5, 5.41) is 1.71. The molecule has 2 rings (SSSR count). The molecular formula is C15H22N2O. The SMILES string of the molecule is CC(C)c1ccc(C2(C(=O)NN(C)C)CC2)cc1. The van der Waals surface area contributed by atoms with Crippen LogP contribution in [0.3, 0.4) is 0 Å². The second-order valence-electron chi connectivity index (χ2n) is 5.69. The molecular weight excluding hydrogens is 224 g/mol. The number of hydrogen-bond donors (Lipinski definition) is 1. The van der Waals surface area contributed by atoms with Gasteiger partial charge in [-0.15, -0.1) is 0 Å². The van der Waals surface area contributed by atoms with Crippen LogP contribution >= 0.6 is 0 Å². The Morgan fingerprint density at radius 3 is 2.17 bits per heavy atom. The Balaban J connectivity index is 2.18. The molecule has 3 nitrogen and oxygen atoms in total. The maximum atomic E-state index is 12.2. The molecule has 1 N–H and O–H groups in total. The van der Waals surface area contributed by atoms with Crippen LogP contribution in [0.2, 0.25) is 0 Å². The van der Waals surface area contributed by atoms with E-state index in [4.69, 9.17) is 0 Å². The third kappa shape index (κ3) is 2.41. The van der Waals surface area contributed by atoms with E-state index in [1.54, 1.807) is 5.01 Å². The van der Waals surface area contributed by atoms with Crippen LogP contribution in [0.5, 0.6) is 0 Å². The van der Waals surface area contributed by atoms with Crippen molar-refractivity contribution in [2.75, 3.05) is 14.1 Å². The zero-order chi connectivity index (χ0) is 13.3. The van der Waals surface area contributed by atoms with Gasteiger partial charge in [-0.25, -0.2) is 5.01 Å².